The van der Waals surface area contributed by atoms with E-state index >= 15 is 0 Å². The normalized spacial score (nSPS) is 22.1. The maximum absolute atomic E-state index is 5.95. The minimum Gasteiger partial charge on any atom is -0.379 e. The molecule has 0 unspecified atom stereocenters. The number of anilines is 1. The van der Waals surface area contributed by atoms with Gasteiger partial charge in [0, 0.05) is 68.2 Å². The minimum atomic E-state index is -0.00488. The van der Waals surface area contributed by atoms with E-state index < -0.39 is 0 Å². The number of morpholine rings is 2. The molecule has 5 heterocycles. The van der Waals surface area contributed by atoms with Gasteiger partial charge in [-0.3, -0.25) is 9.88 Å². The summed E-state index contributed by atoms with van der Waals surface area (Å²) in [5.74, 6) is 0. The van der Waals surface area contributed by atoms with Crippen LogP contribution in [0.4, 0.5) is 5.69 Å². The van der Waals surface area contributed by atoms with Gasteiger partial charge in [-0.15, -0.1) is 0 Å². The van der Waals surface area contributed by atoms with Gasteiger partial charge in [0.2, 0.25) is 0 Å². The highest BCUT2D eigenvalue weighted by atomic mass is 32.1. The van der Waals surface area contributed by atoms with Crippen LogP contribution in [0.1, 0.15) is 41.1 Å². The fourth-order valence-electron chi connectivity index (χ4n) is 6.39. The molecule has 3 aliphatic heterocycles. The van der Waals surface area contributed by atoms with Crippen molar-refractivity contribution >= 4 is 23.0 Å². The summed E-state index contributed by atoms with van der Waals surface area (Å²) >= 11 is 5.95. The molecule has 2 aromatic heterocycles. The van der Waals surface area contributed by atoms with Gasteiger partial charge in [0.25, 0.3) is 0 Å². The first-order valence-corrected chi connectivity index (χ1v) is 14.9. The van der Waals surface area contributed by atoms with Gasteiger partial charge in [-0.1, -0.05) is 6.07 Å². The third-order valence-corrected chi connectivity index (χ3v) is 8.80. The highest BCUT2D eigenvalue weighted by Crippen LogP contribution is 2.41. The third kappa shape index (κ3) is 5.61. The molecule has 0 spiro atoms. The molecular formula is C31H40N6O2S. The van der Waals surface area contributed by atoms with Crippen LogP contribution in [0, 0.1) is 13.8 Å². The lowest BCUT2D eigenvalue weighted by Crippen LogP contribution is -2.39. The first-order valence-electron chi connectivity index (χ1n) is 14.5. The number of pyridine rings is 1. The van der Waals surface area contributed by atoms with Crippen LogP contribution in [0.2, 0.25) is 0 Å². The van der Waals surface area contributed by atoms with Crippen LogP contribution in [0.25, 0.3) is 5.69 Å². The summed E-state index contributed by atoms with van der Waals surface area (Å²) in [5, 5.41) is 4.44. The molecular weight excluding hydrogens is 520 g/mol. The molecule has 8 nitrogen and oxygen atoms in total. The van der Waals surface area contributed by atoms with Gasteiger partial charge < -0.3 is 29.2 Å². The Morgan fingerprint density at radius 1 is 0.900 bits per heavy atom. The van der Waals surface area contributed by atoms with Crippen LogP contribution in [0.5, 0.6) is 0 Å². The Labute approximate surface area is 242 Å². The van der Waals surface area contributed by atoms with E-state index in [-0.39, 0.29) is 12.1 Å². The molecule has 0 radical (unpaired) electrons. The predicted octanol–water partition coefficient (Wildman–Crippen LogP) is 4.02. The molecule has 0 bridgehead atoms. The molecule has 0 amide bonds. The smallest absolute Gasteiger partial charge is 0.170 e. The van der Waals surface area contributed by atoms with Crippen LogP contribution in [0.3, 0.4) is 0 Å². The van der Waals surface area contributed by atoms with Gasteiger partial charge in [0.05, 0.1) is 44.2 Å². The minimum absolute atomic E-state index is 0.00488. The highest BCUT2D eigenvalue weighted by Gasteiger charge is 2.41. The van der Waals surface area contributed by atoms with Crippen LogP contribution in [0.15, 0.2) is 54.7 Å². The first-order chi connectivity index (χ1) is 19.6. The molecule has 40 heavy (non-hydrogen) atoms. The molecule has 3 saturated heterocycles. The average Bonchev–Trinajstić information content (AvgIpc) is 3.48. The number of rotatable bonds is 8. The Morgan fingerprint density at radius 2 is 1.60 bits per heavy atom. The quantitative estimate of drug-likeness (QED) is 0.415. The number of ether oxygens (including phenoxy) is 2. The highest BCUT2D eigenvalue weighted by molar-refractivity contribution is 7.80. The van der Waals surface area contributed by atoms with E-state index in [4.69, 9.17) is 26.7 Å². The SMILES string of the molecule is Cc1cc([C@H]2[C@@H](c3ccccn3)NC(=S)N2CCCN2CCOCC2)c(C)n1-c1ccc(N2CCOCC2)cc1. The second-order valence-electron chi connectivity index (χ2n) is 10.9. The lowest BCUT2D eigenvalue weighted by atomic mass is 9.96. The standard InChI is InChI=1S/C31H40N6O2S/c1-23-22-27(24(2)37(23)26-9-7-25(8-10-26)35-16-20-39-21-17-35)30-29(28-6-3-4-11-32-28)33-31(40)36(30)13-5-12-34-14-18-38-19-15-34/h3-4,6-11,22,29-30H,5,12-21H2,1-2H3,(H,33,40)/t29-,30+/m1/s1. The Hall–Kier alpha value is -2.98. The van der Waals surface area contributed by atoms with Crippen molar-refractivity contribution in [2.75, 3.05) is 70.6 Å². The molecule has 0 saturated carbocycles. The number of aromatic nitrogens is 2. The van der Waals surface area contributed by atoms with E-state index in [1.807, 2.05) is 12.3 Å². The van der Waals surface area contributed by atoms with Gasteiger partial charge >= 0.3 is 0 Å². The molecule has 3 aliphatic rings. The van der Waals surface area contributed by atoms with E-state index in [1.165, 1.54) is 28.3 Å². The summed E-state index contributed by atoms with van der Waals surface area (Å²) in [6, 6.07) is 17.5. The molecule has 0 aliphatic carbocycles. The average molecular weight is 561 g/mol. The number of hydrogen-bond donors (Lipinski definition) is 1. The number of aryl methyl sites for hydroxylation is 1. The second-order valence-corrected chi connectivity index (χ2v) is 11.3. The molecule has 1 aromatic carbocycles. The zero-order valence-electron chi connectivity index (χ0n) is 23.6. The van der Waals surface area contributed by atoms with Crippen LogP contribution in [-0.4, -0.2) is 90.2 Å². The van der Waals surface area contributed by atoms with Crippen molar-refractivity contribution in [3.8, 4) is 5.69 Å². The molecule has 6 rings (SSSR count). The molecule has 2 atom stereocenters. The zero-order valence-corrected chi connectivity index (χ0v) is 24.4. The van der Waals surface area contributed by atoms with Gasteiger partial charge in [-0.05, 0) is 80.5 Å². The number of nitrogens with one attached hydrogen (secondary N) is 1. The summed E-state index contributed by atoms with van der Waals surface area (Å²) in [5.41, 5.74) is 7.21. The third-order valence-electron chi connectivity index (χ3n) is 8.45. The van der Waals surface area contributed by atoms with Crippen molar-refractivity contribution in [2.24, 2.45) is 0 Å². The molecule has 9 heteroatoms. The number of thiocarbonyl (C=S) groups is 1. The van der Waals surface area contributed by atoms with Gasteiger partial charge in [-0.2, -0.15) is 0 Å². The fraction of sp³-hybridized carbons (Fsp3) is 0.484. The number of benzene rings is 1. The predicted molar refractivity (Wildman–Crippen MR) is 162 cm³/mol. The van der Waals surface area contributed by atoms with Crippen molar-refractivity contribution in [1.29, 1.82) is 0 Å². The van der Waals surface area contributed by atoms with E-state index in [0.29, 0.717) is 0 Å². The lowest BCUT2D eigenvalue weighted by molar-refractivity contribution is 0.0365. The molecule has 1 N–H and O–H groups in total. The van der Waals surface area contributed by atoms with Crippen molar-refractivity contribution in [3.63, 3.8) is 0 Å². The second kappa shape index (κ2) is 12.3. The van der Waals surface area contributed by atoms with E-state index in [1.54, 1.807) is 0 Å². The maximum atomic E-state index is 5.95. The Kier molecular flexibility index (Phi) is 8.34. The monoisotopic (exact) mass is 560 g/mol. The molecule has 212 valence electrons. The molecule has 3 fully saturated rings. The lowest BCUT2D eigenvalue weighted by Gasteiger charge is -2.30. The number of hydrogen-bond acceptors (Lipinski definition) is 6. The summed E-state index contributed by atoms with van der Waals surface area (Å²) < 4.78 is 13.4. The summed E-state index contributed by atoms with van der Waals surface area (Å²) in [7, 11) is 0. The van der Waals surface area contributed by atoms with E-state index in [9.17, 15) is 0 Å². The van der Waals surface area contributed by atoms with Crippen molar-refractivity contribution in [3.05, 3.63) is 77.4 Å². The Morgan fingerprint density at radius 3 is 2.30 bits per heavy atom. The van der Waals surface area contributed by atoms with Gasteiger partial charge in [0.15, 0.2) is 5.11 Å². The van der Waals surface area contributed by atoms with Crippen molar-refractivity contribution < 1.29 is 9.47 Å². The first kappa shape index (κ1) is 27.2. The van der Waals surface area contributed by atoms with Gasteiger partial charge in [-0.25, -0.2) is 0 Å². The number of nitrogens with zero attached hydrogens (tertiary/aromatic N) is 5. The van der Waals surface area contributed by atoms with Crippen LogP contribution >= 0.6 is 12.2 Å². The maximum Gasteiger partial charge on any atom is 0.170 e. The van der Waals surface area contributed by atoms with Crippen molar-refractivity contribution in [1.82, 2.24) is 24.7 Å². The van der Waals surface area contributed by atoms with Crippen LogP contribution in [-0.2, 0) is 9.47 Å². The van der Waals surface area contributed by atoms with E-state index in [0.717, 1.165) is 82.9 Å². The Bertz CT molecular complexity index is 1290. The molecule has 3 aromatic rings. The van der Waals surface area contributed by atoms with Crippen LogP contribution < -0.4 is 10.2 Å². The summed E-state index contributed by atoms with van der Waals surface area (Å²) in [6.07, 6.45) is 2.92. The van der Waals surface area contributed by atoms with E-state index in [2.05, 4.69) is 80.9 Å². The summed E-state index contributed by atoms with van der Waals surface area (Å²) in [4.78, 5) is 12.0. The summed E-state index contributed by atoms with van der Waals surface area (Å²) in [6.45, 7) is 13.5. The Balaban J connectivity index is 1.28. The van der Waals surface area contributed by atoms with Gasteiger partial charge in [0.1, 0.15) is 0 Å². The zero-order chi connectivity index (χ0) is 27.5. The topological polar surface area (TPSA) is 58.0 Å². The fourth-order valence-corrected chi connectivity index (χ4v) is 6.72. The largest absolute Gasteiger partial charge is 0.379 e. The van der Waals surface area contributed by atoms with Crippen molar-refractivity contribution in [2.45, 2.75) is 32.4 Å².